The summed E-state index contributed by atoms with van der Waals surface area (Å²) in [5.41, 5.74) is 4.95. The van der Waals surface area contributed by atoms with Crippen LogP contribution in [0, 0.1) is 0 Å². The molecule has 0 spiro atoms. The Morgan fingerprint density at radius 3 is 2.54 bits per heavy atom. The first-order valence-corrected chi connectivity index (χ1v) is 9.65. The Labute approximate surface area is 167 Å². The Hall–Kier alpha value is -2.90. The van der Waals surface area contributed by atoms with E-state index in [1.165, 1.54) is 0 Å². The molecule has 0 atom stereocenters. The smallest absolute Gasteiger partial charge is 0.128 e. The highest BCUT2D eigenvalue weighted by Gasteiger charge is 2.15. The van der Waals surface area contributed by atoms with E-state index in [-0.39, 0.29) is 0 Å². The maximum absolute atomic E-state index is 6.45. The molecule has 0 aromatic carbocycles. The summed E-state index contributed by atoms with van der Waals surface area (Å²) in [5.74, 6) is 1.00. The van der Waals surface area contributed by atoms with Crippen LogP contribution in [0.4, 0.5) is 5.82 Å². The first-order valence-electron chi connectivity index (χ1n) is 9.27. The summed E-state index contributed by atoms with van der Waals surface area (Å²) in [7, 11) is 1.91. The van der Waals surface area contributed by atoms with Crippen molar-refractivity contribution >= 4 is 22.9 Å². The number of rotatable bonds is 3. The van der Waals surface area contributed by atoms with Crippen molar-refractivity contribution in [2.75, 3.05) is 31.1 Å². The molecule has 0 aliphatic carbocycles. The van der Waals surface area contributed by atoms with Gasteiger partial charge in [0.15, 0.2) is 0 Å². The lowest BCUT2D eigenvalue weighted by Crippen LogP contribution is -2.43. The van der Waals surface area contributed by atoms with E-state index in [1.807, 2.05) is 36.4 Å². The largest absolute Gasteiger partial charge is 0.354 e. The van der Waals surface area contributed by atoms with Crippen LogP contribution in [0.2, 0.25) is 5.02 Å². The lowest BCUT2D eigenvalue weighted by molar-refractivity contribution is 0.585. The molecule has 1 fully saturated rings. The second-order valence-electron chi connectivity index (χ2n) is 6.97. The van der Waals surface area contributed by atoms with Crippen LogP contribution in [0.1, 0.15) is 0 Å². The first-order chi connectivity index (χ1) is 13.7. The highest BCUT2D eigenvalue weighted by Crippen LogP contribution is 2.33. The maximum atomic E-state index is 6.45. The molecule has 5 rings (SSSR count). The van der Waals surface area contributed by atoms with Gasteiger partial charge < -0.3 is 10.2 Å². The summed E-state index contributed by atoms with van der Waals surface area (Å²) in [6.45, 7) is 3.92. The van der Waals surface area contributed by atoms with E-state index in [0.29, 0.717) is 5.02 Å². The van der Waals surface area contributed by atoms with Crippen LogP contribution in [0.3, 0.4) is 0 Å². The molecule has 4 aromatic rings. The monoisotopic (exact) mass is 393 g/mol. The van der Waals surface area contributed by atoms with Gasteiger partial charge in [-0.25, -0.2) is 9.50 Å². The van der Waals surface area contributed by atoms with E-state index < -0.39 is 0 Å². The Balaban J connectivity index is 1.60. The third-order valence-electron chi connectivity index (χ3n) is 5.11. The van der Waals surface area contributed by atoms with Gasteiger partial charge in [-0.2, -0.15) is 10.2 Å². The lowest BCUT2D eigenvalue weighted by atomic mass is 10.0. The number of halogens is 1. The zero-order chi connectivity index (χ0) is 19.1. The van der Waals surface area contributed by atoms with Gasteiger partial charge in [-0.05, 0) is 18.2 Å². The van der Waals surface area contributed by atoms with Crippen LogP contribution in [0.25, 0.3) is 27.8 Å². The molecule has 0 unspecified atom stereocenters. The molecule has 1 aliphatic heterocycles. The van der Waals surface area contributed by atoms with Gasteiger partial charge in [-0.1, -0.05) is 11.6 Å². The molecular formula is C20H20ClN7. The zero-order valence-electron chi connectivity index (χ0n) is 15.5. The third-order valence-corrected chi connectivity index (χ3v) is 5.38. The molecule has 4 aromatic heterocycles. The van der Waals surface area contributed by atoms with E-state index in [0.717, 1.165) is 59.8 Å². The van der Waals surface area contributed by atoms with Gasteiger partial charge >= 0.3 is 0 Å². The van der Waals surface area contributed by atoms with Gasteiger partial charge in [0.05, 0.1) is 22.9 Å². The number of fused-ring (bicyclic) bond motifs is 1. The highest BCUT2D eigenvalue weighted by molar-refractivity contribution is 6.34. The Kier molecular flexibility index (Phi) is 4.26. The molecule has 142 valence electrons. The van der Waals surface area contributed by atoms with Crippen LogP contribution < -0.4 is 10.2 Å². The second kappa shape index (κ2) is 6.92. The molecule has 0 bridgehead atoms. The van der Waals surface area contributed by atoms with Crippen molar-refractivity contribution in [2.24, 2.45) is 7.05 Å². The molecule has 8 heteroatoms. The Bertz CT molecular complexity index is 1120. The number of nitrogens with one attached hydrogen (secondary N) is 1. The Morgan fingerprint density at radius 1 is 0.964 bits per heavy atom. The van der Waals surface area contributed by atoms with Crippen LogP contribution >= 0.6 is 11.6 Å². The number of hydrogen-bond donors (Lipinski definition) is 1. The number of nitrogens with zero attached hydrogens (tertiary/aromatic N) is 6. The van der Waals surface area contributed by atoms with Crippen LogP contribution in [0.5, 0.6) is 0 Å². The number of aromatic nitrogens is 5. The Morgan fingerprint density at radius 2 is 1.82 bits per heavy atom. The van der Waals surface area contributed by atoms with Crippen molar-refractivity contribution in [3.05, 3.63) is 54.2 Å². The minimum Gasteiger partial charge on any atom is -0.354 e. The average molecular weight is 394 g/mol. The van der Waals surface area contributed by atoms with Crippen molar-refractivity contribution in [1.82, 2.24) is 29.7 Å². The lowest BCUT2D eigenvalue weighted by Gasteiger charge is -2.28. The summed E-state index contributed by atoms with van der Waals surface area (Å²) in [6.07, 6.45) is 9.41. The summed E-state index contributed by atoms with van der Waals surface area (Å²) >= 11 is 6.45. The number of hydrogen-bond acceptors (Lipinski definition) is 5. The van der Waals surface area contributed by atoms with E-state index in [4.69, 9.17) is 16.6 Å². The SMILES string of the molecule is Cn1cc(-c2cc(-c3ccc(N4CCNCC4)nc3)c3c(Cl)cnn3c2)cn1. The van der Waals surface area contributed by atoms with E-state index in [2.05, 4.69) is 38.6 Å². The van der Waals surface area contributed by atoms with Crippen molar-refractivity contribution < 1.29 is 0 Å². The van der Waals surface area contributed by atoms with E-state index in [9.17, 15) is 0 Å². The first kappa shape index (κ1) is 17.2. The molecule has 0 amide bonds. The molecule has 1 aliphatic rings. The maximum Gasteiger partial charge on any atom is 0.128 e. The summed E-state index contributed by atoms with van der Waals surface area (Å²) in [4.78, 5) is 7.01. The normalized spacial score (nSPS) is 14.7. The molecule has 0 radical (unpaired) electrons. The standard InChI is InChI=1S/C20H20ClN7/c1-26-12-16(10-24-26)15-8-17(20-18(21)11-25-28(20)13-15)14-2-3-19(23-9-14)27-6-4-22-5-7-27/h2-3,8-13,22H,4-7H2,1H3. The van der Waals surface area contributed by atoms with Gasteiger partial charge in [-0.3, -0.25) is 4.68 Å². The quantitative estimate of drug-likeness (QED) is 0.580. The molecule has 1 N–H and O–H groups in total. The third kappa shape index (κ3) is 3.02. The number of pyridine rings is 2. The van der Waals surface area contributed by atoms with E-state index in [1.54, 1.807) is 10.9 Å². The predicted molar refractivity (Wildman–Crippen MR) is 111 cm³/mol. The van der Waals surface area contributed by atoms with Crippen molar-refractivity contribution in [1.29, 1.82) is 0 Å². The van der Waals surface area contributed by atoms with Crippen LogP contribution in [-0.4, -0.2) is 50.6 Å². The number of anilines is 1. The van der Waals surface area contributed by atoms with Gasteiger partial charge in [-0.15, -0.1) is 0 Å². The van der Waals surface area contributed by atoms with Gasteiger partial charge in [0.1, 0.15) is 5.82 Å². The minimum absolute atomic E-state index is 0.624. The van der Waals surface area contributed by atoms with Gasteiger partial charge in [0.2, 0.25) is 0 Å². The van der Waals surface area contributed by atoms with Crippen molar-refractivity contribution in [3.63, 3.8) is 0 Å². The van der Waals surface area contributed by atoms with Gasteiger partial charge in [0, 0.05) is 74.1 Å². The highest BCUT2D eigenvalue weighted by atomic mass is 35.5. The topological polar surface area (TPSA) is 63.3 Å². The molecular weight excluding hydrogens is 374 g/mol. The fraction of sp³-hybridized carbons (Fsp3) is 0.250. The minimum atomic E-state index is 0.624. The zero-order valence-corrected chi connectivity index (χ0v) is 16.3. The predicted octanol–water partition coefficient (Wildman–Crippen LogP) is 2.86. The fourth-order valence-electron chi connectivity index (χ4n) is 3.66. The number of piperazine rings is 1. The molecule has 5 heterocycles. The molecule has 1 saturated heterocycles. The molecule has 28 heavy (non-hydrogen) atoms. The van der Waals surface area contributed by atoms with Crippen LogP contribution in [-0.2, 0) is 7.05 Å². The number of aryl methyl sites for hydroxylation is 1. The van der Waals surface area contributed by atoms with Crippen molar-refractivity contribution in [3.8, 4) is 22.3 Å². The fourth-order valence-corrected chi connectivity index (χ4v) is 3.89. The van der Waals surface area contributed by atoms with Gasteiger partial charge in [0.25, 0.3) is 0 Å². The van der Waals surface area contributed by atoms with Crippen LogP contribution in [0.15, 0.2) is 49.2 Å². The molecule has 0 saturated carbocycles. The summed E-state index contributed by atoms with van der Waals surface area (Å²) in [5, 5.41) is 12.7. The second-order valence-corrected chi connectivity index (χ2v) is 7.38. The summed E-state index contributed by atoms with van der Waals surface area (Å²) in [6, 6.07) is 6.32. The van der Waals surface area contributed by atoms with Crippen molar-refractivity contribution in [2.45, 2.75) is 0 Å². The average Bonchev–Trinajstić information content (AvgIpc) is 3.34. The molecule has 7 nitrogen and oxygen atoms in total. The van der Waals surface area contributed by atoms with E-state index >= 15 is 0 Å². The summed E-state index contributed by atoms with van der Waals surface area (Å²) < 4.78 is 3.61.